The number of amides is 1. The summed E-state index contributed by atoms with van der Waals surface area (Å²) in [6, 6.07) is 19.0. The van der Waals surface area contributed by atoms with Crippen LogP contribution in [0.15, 0.2) is 66.0 Å². The molecule has 1 amide bonds. The molecule has 1 heterocycles. The molecule has 0 fully saturated rings. The number of hydrogen-bond donors (Lipinski definition) is 1. The highest BCUT2D eigenvalue weighted by Crippen LogP contribution is 2.26. The monoisotopic (exact) mass is 334 g/mol. The van der Waals surface area contributed by atoms with E-state index in [1.165, 1.54) is 11.3 Å². The lowest BCUT2D eigenvalue weighted by Gasteiger charge is -2.08. The highest BCUT2D eigenvalue weighted by Gasteiger charge is 2.16. The molecule has 0 unspecified atom stereocenters. The maximum atomic E-state index is 12.0. The van der Waals surface area contributed by atoms with Gasteiger partial charge in [0.1, 0.15) is 0 Å². The normalized spacial score (nSPS) is 9.88. The first-order valence-electron chi connectivity index (χ1n) is 7.31. The maximum Gasteiger partial charge on any atom is 0.264 e. The van der Waals surface area contributed by atoms with Gasteiger partial charge in [-0.25, -0.2) is 4.98 Å². The summed E-state index contributed by atoms with van der Waals surface area (Å²) < 4.78 is 0. The number of thiazole rings is 1. The van der Waals surface area contributed by atoms with E-state index in [0.29, 0.717) is 5.06 Å². The van der Waals surface area contributed by atoms with Crippen molar-refractivity contribution >= 4 is 22.4 Å². The molecule has 0 spiro atoms. The molecule has 0 saturated heterocycles. The van der Waals surface area contributed by atoms with Gasteiger partial charge in [0.2, 0.25) is 5.13 Å². The van der Waals surface area contributed by atoms with Crippen molar-refractivity contribution < 1.29 is 10.0 Å². The van der Waals surface area contributed by atoms with Gasteiger partial charge in [0, 0.05) is 16.5 Å². The number of benzene rings is 2. The number of hydroxylamine groups is 1. The van der Waals surface area contributed by atoms with Crippen LogP contribution in [0.4, 0.5) is 5.13 Å². The summed E-state index contributed by atoms with van der Waals surface area (Å²) in [7, 11) is 0. The molecular formula is C19H14N2O2S. The highest BCUT2D eigenvalue weighted by atomic mass is 32.1. The topological polar surface area (TPSA) is 53.4 Å². The Morgan fingerprint density at radius 1 is 1.08 bits per heavy atom. The standard InChI is InChI=1S/C19H14N2O2S/c22-18(13-7-10-15-8-3-1-4-9-15)21(23)19-20-17(14-24-19)16-11-5-2-6-12-16/h1-6,8-9,11-12,14,23H,13H2. The molecule has 0 aliphatic carbocycles. The van der Waals surface area contributed by atoms with Crippen LogP contribution in [0.3, 0.4) is 0 Å². The van der Waals surface area contributed by atoms with E-state index in [1.54, 1.807) is 5.38 Å². The van der Waals surface area contributed by atoms with Gasteiger partial charge >= 0.3 is 0 Å². The average Bonchev–Trinajstić information content (AvgIpc) is 3.13. The molecule has 0 aliphatic rings. The van der Waals surface area contributed by atoms with E-state index in [4.69, 9.17) is 0 Å². The van der Waals surface area contributed by atoms with Gasteiger partial charge in [0.15, 0.2) is 0 Å². The van der Waals surface area contributed by atoms with Crippen LogP contribution >= 0.6 is 11.3 Å². The molecule has 3 aromatic rings. The van der Waals surface area contributed by atoms with Crippen LogP contribution in [0.2, 0.25) is 0 Å². The van der Waals surface area contributed by atoms with Gasteiger partial charge in [-0.3, -0.25) is 10.0 Å². The van der Waals surface area contributed by atoms with Gasteiger partial charge in [-0.2, -0.15) is 5.06 Å². The SMILES string of the molecule is O=C(CC#Cc1ccccc1)N(O)c1nc(-c2ccccc2)cs1. The number of aromatic nitrogens is 1. The smallest absolute Gasteiger partial charge is 0.264 e. The van der Waals surface area contributed by atoms with E-state index >= 15 is 0 Å². The van der Waals surface area contributed by atoms with Gasteiger partial charge in [-0.1, -0.05) is 60.4 Å². The molecule has 0 bridgehead atoms. The molecule has 0 saturated carbocycles. The van der Waals surface area contributed by atoms with Gasteiger partial charge in [-0.15, -0.1) is 11.3 Å². The fourth-order valence-electron chi connectivity index (χ4n) is 2.03. The predicted molar refractivity (Wildman–Crippen MR) is 94.8 cm³/mol. The minimum absolute atomic E-state index is 0.0777. The Morgan fingerprint density at radius 2 is 1.75 bits per heavy atom. The van der Waals surface area contributed by atoms with Crippen molar-refractivity contribution in [2.24, 2.45) is 0 Å². The summed E-state index contributed by atoms with van der Waals surface area (Å²) in [5.41, 5.74) is 2.48. The Labute approximate surface area is 144 Å². The van der Waals surface area contributed by atoms with Crippen molar-refractivity contribution in [3.05, 3.63) is 71.6 Å². The first-order valence-corrected chi connectivity index (χ1v) is 8.19. The third-order valence-electron chi connectivity index (χ3n) is 3.23. The van der Waals surface area contributed by atoms with Crippen molar-refractivity contribution in [1.82, 2.24) is 4.98 Å². The van der Waals surface area contributed by atoms with Gasteiger partial charge < -0.3 is 0 Å². The first-order chi connectivity index (χ1) is 11.7. The largest absolute Gasteiger partial charge is 0.279 e. The second-order valence-electron chi connectivity index (χ2n) is 4.93. The number of nitrogens with zero attached hydrogens (tertiary/aromatic N) is 2. The second-order valence-corrected chi connectivity index (χ2v) is 5.77. The van der Waals surface area contributed by atoms with Crippen molar-refractivity contribution in [3.63, 3.8) is 0 Å². The molecule has 1 aromatic heterocycles. The van der Waals surface area contributed by atoms with E-state index < -0.39 is 5.91 Å². The van der Waals surface area contributed by atoms with Crippen molar-refractivity contribution in [2.45, 2.75) is 6.42 Å². The molecule has 5 heteroatoms. The first kappa shape index (κ1) is 15.9. The van der Waals surface area contributed by atoms with Gasteiger partial charge in [0.25, 0.3) is 5.91 Å². The molecule has 2 aromatic carbocycles. The Hall–Kier alpha value is -2.94. The Morgan fingerprint density at radius 3 is 2.46 bits per heavy atom. The quantitative estimate of drug-likeness (QED) is 0.448. The molecule has 0 radical (unpaired) electrons. The lowest BCUT2D eigenvalue weighted by Crippen LogP contribution is -2.26. The molecule has 3 rings (SSSR count). The molecular weight excluding hydrogens is 320 g/mol. The van der Waals surface area contributed by atoms with Crippen LogP contribution in [0.5, 0.6) is 0 Å². The summed E-state index contributed by atoms with van der Waals surface area (Å²) in [6.45, 7) is 0. The van der Waals surface area contributed by atoms with Crippen LogP contribution in [-0.4, -0.2) is 16.1 Å². The minimum atomic E-state index is -0.507. The predicted octanol–water partition coefficient (Wildman–Crippen LogP) is 3.97. The van der Waals surface area contributed by atoms with E-state index in [1.807, 2.05) is 60.7 Å². The highest BCUT2D eigenvalue weighted by molar-refractivity contribution is 7.14. The fourth-order valence-corrected chi connectivity index (χ4v) is 2.79. The number of hydrogen-bond acceptors (Lipinski definition) is 4. The number of anilines is 1. The molecule has 1 N–H and O–H groups in total. The summed E-state index contributed by atoms with van der Waals surface area (Å²) in [6.07, 6.45) is -0.0777. The molecule has 24 heavy (non-hydrogen) atoms. The zero-order valence-corrected chi connectivity index (χ0v) is 13.5. The van der Waals surface area contributed by atoms with E-state index in [-0.39, 0.29) is 11.6 Å². The van der Waals surface area contributed by atoms with E-state index in [0.717, 1.165) is 16.8 Å². The van der Waals surface area contributed by atoms with Crippen molar-refractivity contribution in [3.8, 4) is 23.1 Å². The van der Waals surface area contributed by atoms with Gasteiger partial charge in [0.05, 0.1) is 12.1 Å². The minimum Gasteiger partial charge on any atom is -0.279 e. The zero-order chi connectivity index (χ0) is 16.8. The fraction of sp³-hybridized carbons (Fsp3) is 0.0526. The lowest BCUT2D eigenvalue weighted by atomic mass is 10.2. The molecule has 118 valence electrons. The summed E-state index contributed by atoms with van der Waals surface area (Å²) >= 11 is 1.21. The Bertz CT molecular complexity index is 880. The number of carbonyl (C=O) groups excluding carboxylic acids is 1. The van der Waals surface area contributed by atoms with Crippen LogP contribution in [0.1, 0.15) is 12.0 Å². The number of carbonyl (C=O) groups is 1. The summed E-state index contributed by atoms with van der Waals surface area (Å²) in [5, 5.41) is 12.6. The van der Waals surface area contributed by atoms with Crippen LogP contribution in [0.25, 0.3) is 11.3 Å². The van der Waals surface area contributed by atoms with Gasteiger partial charge in [-0.05, 0) is 12.1 Å². The maximum absolute atomic E-state index is 12.0. The van der Waals surface area contributed by atoms with Crippen molar-refractivity contribution in [2.75, 3.05) is 5.06 Å². The molecule has 0 aliphatic heterocycles. The molecule has 4 nitrogen and oxygen atoms in total. The summed E-state index contributed by atoms with van der Waals surface area (Å²) in [4.78, 5) is 16.3. The third-order valence-corrected chi connectivity index (χ3v) is 4.04. The van der Waals surface area contributed by atoms with E-state index in [2.05, 4.69) is 16.8 Å². The molecule has 0 atom stereocenters. The Kier molecular flexibility index (Phi) is 5.02. The van der Waals surface area contributed by atoms with Crippen LogP contribution in [-0.2, 0) is 4.79 Å². The van der Waals surface area contributed by atoms with E-state index in [9.17, 15) is 10.0 Å². The van der Waals surface area contributed by atoms with Crippen molar-refractivity contribution in [1.29, 1.82) is 0 Å². The average molecular weight is 334 g/mol. The number of rotatable bonds is 3. The summed E-state index contributed by atoms with van der Waals surface area (Å²) in [5.74, 6) is 5.15. The van der Waals surface area contributed by atoms with Crippen LogP contribution in [0, 0.1) is 11.8 Å². The Balaban J connectivity index is 1.66. The lowest BCUT2D eigenvalue weighted by molar-refractivity contribution is -0.122. The third kappa shape index (κ3) is 3.87. The van der Waals surface area contributed by atoms with Crippen LogP contribution < -0.4 is 5.06 Å². The second kappa shape index (κ2) is 7.55. The zero-order valence-electron chi connectivity index (χ0n) is 12.7.